The minimum absolute atomic E-state index is 0.0285. The third-order valence-electron chi connectivity index (χ3n) is 7.50. The third kappa shape index (κ3) is 12.0. The first kappa shape index (κ1) is 36.3. The molecule has 2 rings (SSSR count). The van der Waals surface area contributed by atoms with Gasteiger partial charge in [-0.05, 0) is 70.1 Å². The van der Waals surface area contributed by atoms with E-state index in [1.807, 2.05) is 25.1 Å². The molecule has 3 atom stereocenters. The summed E-state index contributed by atoms with van der Waals surface area (Å²) >= 11 is 0. The van der Waals surface area contributed by atoms with Gasteiger partial charge < -0.3 is 33.9 Å². The van der Waals surface area contributed by atoms with E-state index >= 15 is 0 Å². The molecule has 0 radical (unpaired) electrons. The number of Topliss-reactive ketones (excluding diaryl/α,β-unsaturated/α-hetero) is 1. The summed E-state index contributed by atoms with van der Waals surface area (Å²) in [4.78, 5) is 43.8. The molecule has 0 bridgehead atoms. The highest BCUT2D eigenvalue weighted by Crippen LogP contribution is 2.31. The Hall–Kier alpha value is -2.85. The number of carbonyl (C=O) groups is 3. The van der Waals surface area contributed by atoms with Crippen LogP contribution in [0.25, 0.3) is 0 Å². The molecule has 0 aliphatic carbocycles. The SMILES string of the molecule is CCN(Cc1ccc(OC)c(OCCCOC)c1)C(=O)[C@@H]1C[C@H](C(=O)CC(CO)CC(C)C)CN(C(=O)OC(C)(C)C)C1. The highest BCUT2D eigenvalue weighted by molar-refractivity contribution is 5.85. The van der Waals surface area contributed by atoms with E-state index in [4.69, 9.17) is 18.9 Å². The van der Waals surface area contributed by atoms with E-state index in [1.165, 1.54) is 4.90 Å². The Labute approximate surface area is 258 Å². The van der Waals surface area contributed by atoms with Gasteiger partial charge in [-0.25, -0.2) is 4.79 Å². The lowest BCUT2D eigenvalue weighted by atomic mass is 9.81. The van der Waals surface area contributed by atoms with Crippen molar-refractivity contribution < 1.29 is 38.4 Å². The first-order chi connectivity index (χ1) is 20.3. The number of nitrogens with zero attached hydrogens (tertiary/aromatic N) is 2. The summed E-state index contributed by atoms with van der Waals surface area (Å²) in [5, 5.41) is 9.88. The van der Waals surface area contributed by atoms with Gasteiger partial charge in [0.2, 0.25) is 5.91 Å². The summed E-state index contributed by atoms with van der Waals surface area (Å²) in [5.74, 6) is 0.184. The fourth-order valence-corrected chi connectivity index (χ4v) is 5.47. The van der Waals surface area contributed by atoms with Crippen LogP contribution in [0.2, 0.25) is 0 Å². The lowest BCUT2D eigenvalue weighted by Crippen LogP contribution is -2.52. The third-order valence-corrected chi connectivity index (χ3v) is 7.50. The molecule has 1 aromatic rings. The largest absolute Gasteiger partial charge is 0.493 e. The molecule has 1 aromatic carbocycles. The van der Waals surface area contributed by atoms with Crippen molar-refractivity contribution in [2.45, 2.75) is 79.4 Å². The van der Waals surface area contributed by atoms with Crippen LogP contribution in [0.4, 0.5) is 4.79 Å². The van der Waals surface area contributed by atoms with Gasteiger partial charge >= 0.3 is 6.09 Å². The lowest BCUT2D eigenvalue weighted by Gasteiger charge is -2.39. The molecule has 10 heteroatoms. The molecular formula is C33H54N2O8. The number of hydrogen-bond donors (Lipinski definition) is 1. The van der Waals surface area contributed by atoms with Gasteiger partial charge in [0.1, 0.15) is 11.4 Å². The average molecular weight is 607 g/mol. The van der Waals surface area contributed by atoms with Crippen LogP contribution in [-0.4, -0.2) is 92.0 Å². The second kappa shape index (κ2) is 17.4. The normalized spacial score (nSPS) is 17.9. The van der Waals surface area contributed by atoms with Crippen molar-refractivity contribution in [2.24, 2.45) is 23.7 Å². The van der Waals surface area contributed by atoms with Gasteiger partial charge in [0.25, 0.3) is 0 Å². The van der Waals surface area contributed by atoms with Crippen LogP contribution in [0.3, 0.4) is 0 Å². The molecule has 1 heterocycles. The monoisotopic (exact) mass is 606 g/mol. The summed E-state index contributed by atoms with van der Waals surface area (Å²) in [6.07, 6.45) is 1.51. The zero-order chi connectivity index (χ0) is 32.2. The maximum Gasteiger partial charge on any atom is 0.410 e. The van der Waals surface area contributed by atoms with Crippen molar-refractivity contribution in [3.63, 3.8) is 0 Å². The molecule has 1 fully saturated rings. The van der Waals surface area contributed by atoms with E-state index in [0.29, 0.717) is 50.1 Å². The van der Waals surface area contributed by atoms with Crippen LogP contribution >= 0.6 is 0 Å². The van der Waals surface area contributed by atoms with Gasteiger partial charge in [-0.3, -0.25) is 9.59 Å². The molecule has 1 N–H and O–H groups in total. The van der Waals surface area contributed by atoms with Crippen LogP contribution in [0.5, 0.6) is 11.5 Å². The van der Waals surface area contributed by atoms with Crippen molar-refractivity contribution in [2.75, 3.05) is 53.7 Å². The molecule has 1 unspecified atom stereocenters. The van der Waals surface area contributed by atoms with Crippen LogP contribution in [0, 0.1) is 23.7 Å². The van der Waals surface area contributed by atoms with Gasteiger partial charge in [0, 0.05) is 65.3 Å². The van der Waals surface area contributed by atoms with Crippen molar-refractivity contribution in [3.8, 4) is 11.5 Å². The number of methoxy groups -OCH3 is 2. The van der Waals surface area contributed by atoms with E-state index in [9.17, 15) is 19.5 Å². The summed E-state index contributed by atoms with van der Waals surface area (Å²) in [6, 6.07) is 5.61. The summed E-state index contributed by atoms with van der Waals surface area (Å²) in [5.41, 5.74) is 0.171. The smallest absolute Gasteiger partial charge is 0.410 e. The average Bonchev–Trinajstić information content (AvgIpc) is 2.96. The van der Waals surface area contributed by atoms with Crippen molar-refractivity contribution in [1.82, 2.24) is 9.80 Å². The number of ketones is 1. The lowest BCUT2D eigenvalue weighted by molar-refractivity contribution is -0.139. The number of piperidine rings is 1. The molecule has 0 saturated carbocycles. The summed E-state index contributed by atoms with van der Waals surface area (Å²) < 4.78 is 22.1. The quantitative estimate of drug-likeness (QED) is 0.263. The first-order valence-electron chi connectivity index (χ1n) is 15.5. The van der Waals surface area contributed by atoms with E-state index in [-0.39, 0.29) is 43.7 Å². The Morgan fingerprint density at radius 2 is 1.77 bits per heavy atom. The fourth-order valence-electron chi connectivity index (χ4n) is 5.47. The number of aliphatic hydroxyl groups is 1. The number of carbonyl (C=O) groups excluding carboxylic acids is 3. The predicted molar refractivity (Wildman–Crippen MR) is 165 cm³/mol. The van der Waals surface area contributed by atoms with Crippen LogP contribution in [-0.2, 0) is 25.6 Å². The second-order valence-electron chi connectivity index (χ2n) is 12.9. The highest BCUT2D eigenvalue weighted by atomic mass is 16.6. The van der Waals surface area contributed by atoms with Crippen LogP contribution in [0.1, 0.15) is 72.8 Å². The van der Waals surface area contributed by atoms with Crippen molar-refractivity contribution in [3.05, 3.63) is 23.8 Å². The Bertz CT molecular complexity index is 1040. The van der Waals surface area contributed by atoms with Gasteiger partial charge in [0.05, 0.1) is 19.6 Å². The number of hydrogen-bond acceptors (Lipinski definition) is 8. The Morgan fingerprint density at radius 1 is 1.07 bits per heavy atom. The van der Waals surface area contributed by atoms with Crippen molar-refractivity contribution >= 4 is 17.8 Å². The zero-order valence-electron chi connectivity index (χ0n) is 27.5. The standard InChI is InChI=1S/C33H54N2O8/c1-9-34(19-24-11-12-29(41-8)30(17-24)42-14-10-13-40-7)31(38)27-18-26(28(37)16-25(22-36)15-23(2)3)20-35(21-27)32(39)43-33(4,5)6/h11-12,17,23,25-27,36H,9-10,13-16,18-22H2,1-8H3/t25?,26-,27+/m0/s1. The molecule has 0 spiro atoms. The molecule has 2 amide bonds. The Morgan fingerprint density at radius 3 is 2.35 bits per heavy atom. The summed E-state index contributed by atoms with van der Waals surface area (Å²) in [6.45, 7) is 13.6. The van der Waals surface area contributed by atoms with E-state index in [1.54, 1.807) is 39.9 Å². The molecule has 0 aromatic heterocycles. The maximum absolute atomic E-state index is 14.0. The summed E-state index contributed by atoms with van der Waals surface area (Å²) in [7, 11) is 3.23. The Balaban J connectivity index is 2.25. The number of benzene rings is 1. The van der Waals surface area contributed by atoms with Gasteiger partial charge in [-0.2, -0.15) is 0 Å². The van der Waals surface area contributed by atoms with E-state index in [0.717, 1.165) is 18.4 Å². The number of rotatable bonds is 16. The first-order valence-corrected chi connectivity index (χ1v) is 15.5. The highest BCUT2D eigenvalue weighted by Gasteiger charge is 2.40. The molecular weight excluding hydrogens is 552 g/mol. The second-order valence-corrected chi connectivity index (χ2v) is 12.9. The Kier molecular flexibility index (Phi) is 14.7. The van der Waals surface area contributed by atoms with Crippen molar-refractivity contribution in [1.29, 1.82) is 0 Å². The molecule has 1 aliphatic rings. The molecule has 244 valence electrons. The van der Waals surface area contributed by atoms with Gasteiger partial charge in [-0.15, -0.1) is 0 Å². The number of aliphatic hydroxyl groups excluding tert-OH is 1. The van der Waals surface area contributed by atoms with E-state index in [2.05, 4.69) is 13.8 Å². The topological polar surface area (TPSA) is 115 Å². The van der Waals surface area contributed by atoms with E-state index < -0.39 is 23.5 Å². The molecule has 1 aliphatic heterocycles. The van der Waals surface area contributed by atoms with Gasteiger partial charge in [-0.1, -0.05) is 19.9 Å². The molecule has 43 heavy (non-hydrogen) atoms. The predicted octanol–water partition coefficient (Wildman–Crippen LogP) is 4.95. The maximum atomic E-state index is 14.0. The molecule has 10 nitrogen and oxygen atoms in total. The molecule has 1 saturated heterocycles. The number of likely N-dealkylation sites (tertiary alicyclic amines) is 1. The van der Waals surface area contributed by atoms with Gasteiger partial charge in [0.15, 0.2) is 11.5 Å². The fraction of sp³-hybridized carbons (Fsp3) is 0.727. The minimum atomic E-state index is -0.708. The zero-order valence-corrected chi connectivity index (χ0v) is 27.5. The number of ether oxygens (including phenoxy) is 4. The number of amides is 2. The minimum Gasteiger partial charge on any atom is -0.493 e. The van der Waals surface area contributed by atoms with Crippen LogP contribution < -0.4 is 9.47 Å². The van der Waals surface area contributed by atoms with Crippen LogP contribution in [0.15, 0.2) is 18.2 Å².